The Morgan fingerprint density at radius 2 is 2.04 bits per heavy atom. The van der Waals surface area contributed by atoms with Gasteiger partial charge in [-0.1, -0.05) is 35.3 Å². The summed E-state index contributed by atoms with van der Waals surface area (Å²) in [5, 5.41) is 4.02. The zero-order valence-electron chi connectivity index (χ0n) is 13.5. The molecule has 0 fully saturated rings. The number of hydrogen-bond donors (Lipinski definition) is 1. The number of nitrogens with one attached hydrogen (secondary N) is 1. The van der Waals surface area contributed by atoms with Gasteiger partial charge in [0, 0.05) is 28.6 Å². The summed E-state index contributed by atoms with van der Waals surface area (Å²) in [5.41, 5.74) is 1.53. The second kappa shape index (κ2) is 7.68. The quantitative estimate of drug-likeness (QED) is 0.730. The number of imidazole rings is 1. The van der Waals surface area contributed by atoms with Crippen LogP contribution in [0.15, 0.2) is 55.0 Å². The predicted molar refractivity (Wildman–Crippen MR) is 98.5 cm³/mol. The largest absolute Gasteiger partial charge is 0.348 e. The van der Waals surface area contributed by atoms with Gasteiger partial charge >= 0.3 is 0 Å². The fourth-order valence-corrected chi connectivity index (χ4v) is 3.11. The van der Waals surface area contributed by atoms with E-state index in [4.69, 9.17) is 23.2 Å². The fourth-order valence-electron chi connectivity index (χ4n) is 2.54. The van der Waals surface area contributed by atoms with Crippen molar-refractivity contribution >= 4 is 29.1 Å². The van der Waals surface area contributed by atoms with E-state index >= 15 is 0 Å². The van der Waals surface area contributed by atoms with Crippen molar-refractivity contribution in [2.75, 3.05) is 0 Å². The molecule has 0 aliphatic heterocycles. The smallest absolute Gasteiger partial charge is 0.240 e. The first-order chi connectivity index (χ1) is 12.0. The van der Waals surface area contributed by atoms with Gasteiger partial charge in [0.15, 0.2) is 5.82 Å². The summed E-state index contributed by atoms with van der Waals surface area (Å²) < 4.78 is 1.76. The molecule has 0 unspecified atom stereocenters. The number of halogens is 2. The average Bonchev–Trinajstić information content (AvgIpc) is 3.03. The molecule has 1 aromatic carbocycles. The van der Waals surface area contributed by atoms with Crippen molar-refractivity contribution in [3.8, 4) is 11.5 Å². The van der Waals surface area contributed by atoms with E-state index in [1.165, 1.54) is 0 Å². The highest BCUT2D eigenvalue weighted by Gasteiger charge is 2.15. The van der Waals surface area contributed by atoms with Crippen LogP contribution in [0.3, 0.4) is 0 Å². The Hall–Kier alpha value is -2.37. The molecule has 25 heavy (non-hydrogen) atoms. The number of amides is 1. The molecule has 1 atom stereocenters. The highest BCUT2D eigenvalue weighted by molar-refractivity contribution is 6.35. The van der Waals surface area contributed by atoms with Gasteiger partial charge in [0.1, 0.15) is 12.2 Å². The van der Waals surface area contributed by atoms with E-state index in [0.29, 0.717) is 21.6 Å². The van der Waals surface area contributed by atoms with E-state index in [-0.39, 0.29) is 18.5 Å². The Balaban J connectivity index is 1.70. The molecule has 7 heteroatoms. The van der Waals surface area contributed by atoms with Gasteiger partial charge in [-0.05, 0) is 36.8 Å². The molecule has 0 saturated carbocycles. The zero-order chi connectivity index (χ0) is 17.8. The fraction of sp³-hybridized carbons (Fsp3) is 0.167. The molecular weight excluding hydrogens is 359 g/mol. The van der Waals surface area contributed by atoms with Crippen LogP contribution in [0.1, 0.15) is 18.5 Å². The molecule has 128 valence electrons. The van der Waals surface area contributed by atoms with Crippen molar-refractivity contribution in [3.63, 3.8) is 0 Å². The van der Waals surface area contributed by atoms with Crippen molar-refractivity contribution in [3.05, 3.63) is 70.6 Å². The Bertz CT molecular complexity index is 880. The summed E-state index contributed by atoms with van der Waals surface area (Å²) in [5.74, 6) is 0.502. The maximum Gasteiger partial charge on any atom is 0.240 e. The maximum atomic E-state index is 12.4. The van der Waals surface area contributed by atoms with Gasteiger partial charge in [-0.2, -0.15) is 0 Å². The van der Waals surface area contributed by atoms with Gasteiger partial charge in [-0.3, -0.25) is 9.78 Å². The van der Waals surface area contributed by atoms with Gasteiger partial charge in [-0.25, -0.2) is 4.98 Å². The van der Waals surface area contributed by atoms with Crippen molar-refractivity contribution < 1.29 is 4.79 Å². The highest BCUT2D eigenvalue weighted by Crippen LogP contribution is 2.26. The van der Waals surface area contributed by atoms with Gasteiger partial charge in [0.25, 0.3) is 0 Å². The third-order valence-corrected chi connectivity index (χ3v) is 4.29. The van der Waals surface area contributed by atoms with Crippen molar-refractivity contribution in [1.29, 1.82) is 0 Å². The van der Waals surface area contributed by atoms with Crippen LogP contribution in [0, 0.1) is 0 Å². The molecule has 0 aliphatic rings. The first-order valence-corrected chi connectivity index (χ1v) is 8.47. The average molecular weight is 375 g/mol. The molecular formula is C18H16Cl2N4O. The van der Waals surface area contributed by atoms with Crippen LogP contribution in [-0.4, -0.2) is 20.4 Å². The lowest BCUT2D eigenvalue weighted by Crippen LogP contribution is -2.30. The minimum absolute atomic E-state index is 0.140. The number of nitrogens with zero attached hydrogens (tertiary/aromatic N) is 3. The standard InChI is InChI=1S/C18H16Cl2N4O/c1-12(14-6-5-13(19)10-15(14)20)23-17(25)11-24-9-8-22-18(24)16-4-2-3-7-21-16/h2-10,12H,11H2,1H3,(H,23,25)/t12-/m0/s1. The first-order valence-electron chi connectivity index (χ1n) is 7.71. The van der Waals surface area contributed by atoms with E-state index in [0.717, 1.165) is 5.56 Å². The number of aromatic nitrogens is 3. The third-order valence-electron chi connectivity index (χ3n) is 3.73. The predicted octanol–water partition coefficient (Wildman–Crippen LogP) is 4.13. The highest BCUT2D eigenvalue weighted by atomic mass is 35.5. The van der Waals surface area contributed by atoms with Crippen LogP contribution in [0.4, 0.5) is 0 Å². The molecule has 0 aliphatic carbocycles. The number of carbonyl (C=O) groups is 1. The molecule has 0 radical (unpaired) electrons. The number of pyridine rings is 1. The first kappa shape index (κ1) is 17.5. The number of rotatable bonds is 5. The lowest BCUT2D eigenvalue weighted by Gasteiger charge is -2.16. The van der Waals surface area contributed by atoms with E-state index in [9.17, 15) is 4.79 Å². The maximum absolute atomic E-state index is 12.4. The van der Waals surface area contributed by atoms with Crippen LogP contribution in [0.25, 0.3) is 11.5 Å². The van der Waals surface area contributed by atoms with E-state index in [2.05, 4.69) is 15.3 Å². The molecule has 1 amide bonds. The van der Waals surface area contributed by atoms with Gasteiger partial charge in [-0.15, -0.1) is 0 Å². The van der Waals surface area contributed by atoms with Crippen molar-refractivity contribution in [2.45, 2.75) is 19.5 Å². The minimum Gasteiger partial charge on any atom is -0.348 e. The lowest BCUT2D eigenvalue weighted by molar-refractivity contribution is -0.122. The van der Waals surface area contributed by atoms with Crippen LogP contribution >= 0.6 is 23.2 Å². The summed E-state index contributed by atoms with van der Waals surface area (Å²) in [6, 6.07) is 10.6. The zero-order valence-corrected chi connectivity index (χ0v) is 15.0. The summed E-state index contributed by atoms with van der Waals surface area (Å²) >= 11 is 12.1. The van der Waals surface area contributed by atoms with Crippen LogP contribution in [-0.2, 0) is 11.3 Å². The normalized spacial score (nSPS) is 12.0. The molecule has 0 spiro atoms. The Labute approximate surface area is 155 Å². The summed E-state index contributed by atoms with van der Waals surface area (Å²) in [6.45, 7) is 2.02. The van der Waals surface area contributed by atoms with Gasteiger partial charge < -0.3 is 9.88 Å². The molecule has 3 aromatic rings. The Morgan fingerprint density at radius 1 is 1.20 bits per heavy atom. The summed E-state index contributed by atoms with van der Waals surface area (Å²) in [7, 11) is 0. The number of benzene rings is 1. The molecule has 3 rings (SSSR count). The van der Waals surface area contributed by atoms with Gasteiger partial charge in [0.05, 0.1) is 6.04 Å². The molecule has 5 nitrogen and oxygen atoms in total. The molecule has 2 aromatic heterocycles. The van der Waals surface area contributed by atoms with E-state index in [1.54, 1.807) is 35.3 Å². The van der Waals surface area contributed by atoms with Crippen LogP contribution < -0.4 is 5.32 Å². The number of hydrogen-bond acceptors (Lipinski definition) is 3. The molecule has 2 heterocycles. The van der Waals surface area contributed by atoms with Crippen LogP contribution in [0.2, 0.25) is 10.0 Å². The van der Waals surface area contributed by atoms with Crippen molar-refractivity contribution in [1.82, 2.24) is 19.9 Å². The number of carbonyl (C=O) groups excluding carboxylic acids is 1. The Kier molecular flexibility index (Phi) is 5.36. The van der Waals surface area contributed by atoms with Crippen LogP contribution in [0.5, 0.6) is 0 Å². The topological polar surface area (TPSA) is 59.8 Å². The second-order valence-corrected chi connectivity index (χ2v) is 6.39. The van der Waals surface area contributed by atoms with E-state index in [1.807, 2.05) is 31.2 Å². The SMILES string of the molecule is C[C@H](NC(=O)Cn1ccnc1-c1ccccn1)c1ccc(Cl)cc1Cl. The Morgan fingerprint density at radius 3 is 2.76 bits per heavy atom. The molecule has 0 saturated heterocycles. The molecule has 0 bridgehead atoms. The van der Waals surface area contributed by atoms with E-state index < -0.39 is 0 Å². The molecule has 1 N–H and O–H groups in total. The van der Waals surface area contributed by atoms with Gasteiger partial charge in [0.2, 0.25) is 5.91 Å². The third kappa shape index (κ3) is 4.18. The minimum atomic E-state index is -0.237. The monoisotopic (exact) mass is 374 g/mol. The van der Waals surface area contributed by atoms with Crippen molar-refractivity contribution in [2.24, 2.45) is 0 Å². The lowest BCUT2D eigenvalue weighted by atomic mass is 10.1. The summed E-state index contributed by atoms with van der Waals surface area (Å²) in [4.78, 5) is 21.0. The second-order valence-electron chi connectivity index (χ2n) is 5.55. The summed E-state index contributed by atoms with van der Waals surface area (Å²) in [6.07, 6.45) is 5.10.